The molecule has 0 spiro atoms. The van der Waals surface area contributed by atoms with Crippen molar-refractivity contribution in [2.24, 2.45) is 16.0 Å². The first-order valence-corrected chi connectivity index (χ1v) is 7.83. The van der Waals surface area contributed by atoms with Gasteiger partial charge in [0.2, 0.25) is 0 Å². The molecule has 0 bridgehead atoms. The van der Waals surface area contributed by atoms with Gasteiger partial charge in [-0.3, -0.25) is 0 Å². The highest BCUT2D eigenvalue weighted by atomic mass is 16.6. The van der Waals surface area contributed by atoms with Crippen LogP contribution in [0.15, 0.2) is 10.2 Å². The number of nitrogens with one attached hydrogen (secondary N) is 1. The number of nitrogens with two attached hydrogens (primary N) is 1. The van der Waals surface area contributed by atoms with Crippen LogP contribution >= 0.6 is 0 Å². The summed E-state index contributed by atoms with van der Waals surface area (Å²) in [6.07, 6.45) is 1.37. The molecule has 0 aromatic carbocycles. The molecule has 2 amide bonds. The maximum absolute atomic E-state index is 11.6. The molecule has 0 aliphatic rings. The molecular weight excluding hydrogens is 300 g/mol. The van der Waals surface area contributed by atoms with E-state index in [0.717, 1.165) is 19.3 Å². The zero-order valence-corrected chi connectivity index (χ0v) is 14.8. The number of unbranched alkanes of at least 4 members (excludes halogenated alkanes) is 2. The van der Waals surface area contributed by atoms with Crippen LogP contribution in [-0.4, -0.2) is 43.0 Å². The Morgan fingerprint density at radius 1 is 1.04 bits per heavy atom. The maximum Gasteiger partial charge on any atom is 0.452 e. The molecular formula is C15H30N4O4. The summed E-state index contributed by atoms with van der Waals surface area (Å²) in [5.41, 5.74) is 3.89. The van der Waals surface area contributed by atoms with Gasteiger partial charge >= 0.3 is 12.2 Å². The van der Waals surface area contributed by atoms with Crippen molar-refractivity contribution in [3.63, 3.8) is 0 Å². The Bertz CT molecular complexity index is 403. The molecule has 0 saturated heterocycles. The van der Waals surface area contributed by atoms with Crippen LogP contribution in [0.5, 0.6) is 0 Å². The second kappa shape index (κ2) is 10.1. The molecule has 0 radical (unpaired) electrons. The molecule has 0 saturated carbocycles. The number of nitrogens with zero attached hydrogens (tertiary/aromatic N) is 2. The van der Waals surface area contributed by atoms with Gasteiger partial charge in [0.15, 0.2) is 0 Å². The molecule has 0 aromatic rings. The minimum atomic E-state index is -0.910. The predicted octanol–water partition coefficient (Wildman–Crippen LogP) is 3.01. The Morgan fingerprint density at radius 3 is 2.26 bits per heavy atom. The third kappa shape index (κ3) is 13.7. The minimum absolute atomic E-state index is 0.111. The summed E-state index contributed by atoms with van der Waals surface area (Å²) in [5, 5.41) is 9.80. The number of ether oxygens (including phenoxy) is 2. The van der Waals surface area contributed by atoms with Crippen LogP contribution < -0.4 is 11.1 Å². The van der Waals surface area contributed by atoms with Crippen molar-refractivity contribution in [3.05, 3.63) is 0 Å². The van der Waals surface area contributed by atoms with E-state index < -0.39 is 23.4 Å². The van der Waals surface area contributed by atoms with E-state index >= 15 is 0 Å². The van der Waals surface area contributed by atoms with Crippen LogP contribution in [0.3, 0.4) is 0 Å². The number of amides is 2. The lowest BCUT2D eigenvalue weighted by atomic mass is 10.1. The first-order chi connectivity index (χ1) is 10.6. The van der Waals surface area contributed by atoms with Crippen LogP contribution in [0.1, 0.15) is 53.9 Å². The van der Waals surface area contributed by atoms with Gasteiger partial charge in [0, 0.05) is 0 Å². The fraction of sp³-hybridized carbons (Fsp3) is 0.867. The molecule has 0 unspecified atom stereocenters. The van der Waals surface area contributed by atoms with Crippen molar-refractivity contribution in [1.29, 1.82) is 0 Å². The van der Waals surface area contributed by atoms with E-state index in [4.69, 9.17) is 15.2 Å². The molecule has 0 atom stereocenters. The van der Waals surface area contributed by atoms with Crippen molar-refractivity contribution in [2.45, 2.75) is 65.1 Å². The second-order valence-electron chi connectivity index (χ2n) is 6.80. The predicted molar refractivity (Wildman–Crippen MR) is 87.4 cm³/mol. The van der Waals surface area contributed by atoms with Crippen molar-refractivity contribution in [1.82, 2.24) is 5.32 Å². The number of carbonyl (C=O) groups is 2. The highest BCUT2D eigenvalue weighted by Crippen LogP contribution is 2.11. The van der Waals surface area contributed by atoms with Crippen LogP contribution in [0.2, 0.25) is 0 Å². The van der Waals surface area contributed by atoms with Crippen LogP contribution in [-0.2, 0) is 9.47 Å². The summed E-state index contributed by atoms with van der Waals surface area (Å²) in [6.45, 7) is 9.87. The second-order valence-corrected chi connectivity index (χ2v) is 6.80. The van der Waals surface area contributed by atoms with Gasteiger partial charge in [-0.1, -0.05) is 11.5 Å². The smallest absolute Gasteiger partial charge is 0.444 e. The van der Waals surface area contributed by atoms with Crippen molar-refractivity contribution < 1.29 is 19.1 Å². The van der Waals surface area contributed by atoms with Crippen LogP contribution in [0, 0.1) is 0 Å². The molecule has 0 aliphatic carbocycles. The van der Waals surface area contributed by atoms with Gasteiger partial charge in [-0.2, -0.15) is 5.11 Å². The number of alkyl carbamates (subject to hydrolysis) is 1. The SMILES string of the molecule is CC(C)(C)OC(=O)NCC(C)(C)OC(=O)N=NCCCCCN. The van der Waals surface area contributed by atoms with E-state index in [-0.39, 0.29) is 6.54 Å². The Kier molecular flexibility index (Phi) is 9.40. The number of azo groups is 1. The van der Waals surface area contributed by atoms with Crippen molar-refractivity contribution >= 4 is 12.2 Å². The van der Waals surface area contributed by atoms with Gasteiger partial charge in [-0.15, -0.1) is 0 Å². The zero-order chi connectivity index (χ0) is 17.9. The first-order valence-electron chi connectivity index (χ1n) is 7.83. The van der Waals surface area contributed by atoms with E-state index in [2.05, 4.69) is 15.5 Å². The molecule has 8 nitrogen and oxygen atoms in total. The molecule has 134 valence electrons. The van der Waals surface area contributed by atoms with Gasteiger partial charge in [0.05, 0.1) is 13.1 Å². The van der Waals surface area contributed by atoms with E-state index in [1.807, 2.05) is 0 Å². The van der Waals surface area contributed by atoms with Gasteiger partial charge in [-0.05, 0) is 54.0 Å². The Balaban J connectivity index is 4.07. The summed E-state index contributed by atoms with van der Waals surface area (Å²) in [7, 11) is 0. The molecule has 23 heavy (non-hydrogen) atoms. The van der Waals surface area contributed by atoms with Gasteiger partial charge in [-0.25, -0.2) is 9.59 Å². The fourth-order valence-electron chi connectivity index (χ4n) is 1.50. The molecule has 0 heterocycles. The molecule has 3 N–H and O–H groups in total. The average Bonchev–Trinajstić information content (AvgIpc) is 2.38. The topological polar surface area (TPSA) is 115 Å². The largest absolute Gasteiger partial charge is 0.452 e. The highest BCUT2D eigenvalue weighted by molar-refractivity contribution is 5.69. The number of rotatable bonds is 8. The molecule has 0 aromatic heterocycles. The Labute approximate surface area is 138 Å². The lowest BCUT2D eigenvalue weighted by Gasteiger charge is -2.25. The fourth-order valence-corrected chi connectivity index (χ4v) is 1.50. The third-order valence-corrected chi connectivity index (χ3v) is 2.54. The van der Waals surface area contributed by atoms with Gasteiger partial charge < -0.3 is 20.5 Å². The Morgan fingerprint density at radius 2 is 1.70 bits per heavy atom. The summed E-state index contributed by atoms with van der Waals surface area (Å²) >= 11 is 0. The molecule has 0 rings (SSSR count). The van der Waals surface area contributed by atoms with E-state index in [1.165, 1.54) is 0 Å². The van der Waals surface area contributed by atoms with Crippen LogP contribution in [0.25, 0.3) is 0 Å². The maximum atomic E-state index is 11.6. The number of hydrogen-bond donors (Lipinski definition) is 2. The summed E-state index contributed by atoms with van der Waals surface area (Å²) in [4.78, 5) is 23.1. The molecule has 0 fully saturated rings. The molecule has 8 heteroatoms. The summed E-state index contributed by atoms with van der Waals surface area (Å²) in [6, 6.07) is 0. The quantitative estimate of drug-likeness (QED) is 0.524. The van der Waals surface area contributed by atoms with Crippen molar-refractivity contribution in [3.8, 4) is 0 Å². The van der Waals surface area contributed by atoms with Gasteiger partial charge in [0.25, 0.3) is 0 Å². The summed E-state index contributed by atoms with van der Waals surface area (Å²) in [5.74, 6) is 0. The summed E-state index contributed by atoms with van der Waals surface area (Å²) < 4.78 is 10.3. The standard InChI is InChI=1S/C15H30N4O4/c1-14(2,3)22-12(20)17-11-15(4,5)23-13(21)19-18-10-8-6-7-9-16/h6-11,16H2,1-5H3,(H,17,20). The zero-order valence-electron chi connectivity index (χ0n) is 14.8. The van der Waals surface area contributed by atoms with E-state index in [1.54, 1.807) is 34.6 Å². The van der Waals surface area contributed by atoms with Crippen molar-refractivity contribution in [2.75, 3.05) is 19.6 Å². The minimum Gasteiger partial charge on any atom is -0.444 e. The first kappa shape index (κ1) is 21.3. The average molecular weight is 330 g/mol. The lowest BCUT2D eigenvalue weighted by molar-refractivity contribution is 0.0287. The van der Waals surface area contributed by atoms with E-state index in [9.17, 15) is 9.59 Å². The highest BCUT2D eigenvalue weighted by Gasteiger charge is 2.25. The van der Waals surface area contributed by atoms with Gasteiger partial charge in [0.1, 0.15) is 11.2 Å². The van der Waals surface area contributed by atoms with E-state index in [0.29, 0.717) is 13.1 Å². The third-order valence-electron chi connectivity index (χ3n) is 2.54. The Hall–Kier alpha value is -1.70. The lowest BCUT2D eigenvalue weighted by Crippen LogP contribution is -2.43. The number of carbonyl (C=O) groups excluding carboxylic acids is 2. The normalized spacial score (nSPS) is 12.3. The monoisotopic (exact) mass is 330 g/mol. The number of hydrogen-bond acceptors (Lipinski definition) is 6. The van der Waals surface area contributed by atoms with Crippen LogP contribution in [0.4, 0.5) is 9.59 Å². The molecule has 0 aliphatic heterocycles.